The Hall–Kier alpha value is -3.25. The fourth-order valence-corrected chi connectivity index (χ4v) is 5.67. The molecule has 1 aromatic carbocycles. The number of aryl methyl sites for hydroxylation is 2. The molecule has 0 radical (unpaired) electrons. The number of aromatic nitrogens is 3. The van der Waals surface area contributed by atoms with Crippen molar-refractivity contribution in [1.82, 2.24) is 24.2 Å². The zero-order chi connectivity index (χ0) is 23.0. The Labute approximate surface area is 184 Å². The topological polar surface area (TPSA) is 128 Å². The number of rotatable bonds is 5. The van der Waals surface area contributed by atoms with E-state index in [0.717, 1.165) is 5.52 Å². The third-order valence-corrected chi connectivity index (χ3v) is 7.54. The van der Waals surface area contributed by atoms with Gasteiger partial charge in [0, 0.05) is 26.2 Å². The molecule has 1 aliphatic heterocycles. The highest BCUT2D eigenvalue weighted by molar-refractivity contribution is 7.89. The number of carbonyl (C=O) groups is 2. The molecular weight excluding hydrogens is 438 g/mol. The number of fused-ring (bicyclic) bond motifs is 1. The Kier molecular flexibility index (Phi) is 5.73. The SMILES string of the molecule is COC(=O)c1c(C)oc(C)c1S(=O)(=O)N1CCN(C(=O)Cn2nnc3ccccc32)CC1. The summed E-state index contributed by atoms with van der Waals surface area (Å²) in [5.41, 5.74) is 1.35. The molecule has 1 aliphatic rings. The van der Waals surface area contributed by atoms with Crippen LogP contribution in [-0.2, 0) is 26.1 Å². The smallest absolute Gasteiger partial charge is 0.342 e. The lowest BCUT2D eigenvalue weighted by molar-refractivity contribution is -0.133. The van der Waals surface area contributed by atoms with Crippen molar-refractivity contribution in [2.75, 3.05) is 33.3 Å². The molecule has 0 spiro atoms. The summed E-state index contributed by atoms with van der Waals surface area (Å²) in [6.45, 7) is 3.65. The number of esters is 1. The first-order chi connectivity index (χ1) is 15.2. The van der Waals surface area contributed by atoms with E-state index in [9.17, 15) is 18.0 Å². The molecule has 0 N–H and O–H groups in total. The molecule has 0 unspecified atom stereocenters. The Balaban J connectivity index is 1.48. The number of para-hydroxylation sites is 1. The normalized spacial score (nSPS) is 15.3. The molecule has 11 nitrogen and oxygen atoms in total. The Morgan fingerprint density at radius 2 is 1.78 bits per heavy atom. The van der Waals surface area contributed by atoms with Gasteiger partial charge in [-0.25, -0.2) is 17.9 Å². The maximum absolute atomic E-state index is 13.3. The first kappa shape index (κ1) is 22.0. The number of methoxy groups -OCH3 is 1. The van der Waals surface area contributed by atoms with Crippen molar-refractivity contribution in [3.63, 3.8) is 0 Å². The van der Waals surface area contributed by atoms with Gasteiger partial charge in [-0.15, -0.1) is 5.10 Å². The molecule has 32 heavy (non-hydrogen) atoms. The Morgan fingerprint density at radius 3 is 2.47 bits per heavy atom. The minimum Gasteiger partial charge on any atom is -0.465 e. The van der Waals surface area contributed by atoms with Crippen LogP contribution in [0.25, 0.3) is 11.0 Å². The third-order valence-electron chi connectivity index (χ3n) is 5.49. The summed E-state index contributed by atoms with van der Waals surface area (Å²) in [4.78, 5) is 26.3. The van der Waals surface area contributed by atoms with E-state index >= 15 is 0 Å². The van der Waals surface area contributed by atoms with Crippen molar-refractivity contribution >= 4 is 32.9 Å². The number of hydrogen-bond donors (Lipinski definition) is 0. The number of carbonyl (C=O) groups excluding carboxylic acids is 2. The van der Waals surface area contributed by atoms with E-state index in [4.69, 9.17) is 9.15 Å². The van der Waals surface area contributed by atoms with Gasteiger partial charge in [-0.3, -0.25) is 4.79 Å². The number of amides is 1. The lowest BCUT2D eigenvalue weighted by Gasteiger charge is -2.34. The zero-order valence-electron chi connectivity index (χ0n) is 17.9. The molecule has 3 aromatic rings. The molecular formula is C20H23N5O6S. The second kappa shape index (κ2) is 8.36. The summed E-state index contributed by atoms with van der Waals surface area (Å²) in [7, 11) is -2.83. The molecule has 2 aromatic heterocycles. The van der Waals surface area contributed by atoms with E-state index in [0.29, 0.717) is 5.52 Å². The van der Waals surface area contributed by atoms with E-state index in [-0.39, 0.29) is 60.6 Å². The van der Waals surface area contributed by atoms with Gasteiger partial charge in [0.05, 0.1) is 12.6 Å². The number of hydrogen-bond acceptors (Lipinski definition) is 8. The van der Waals surface area contributed by atoms with Crippen LogP contribution in [0.4, 0.5) is 0 Å². The number of nitrogens with zero attached hydrogens (tertiary/aromatic N) is 5. The summed E-state index contributed by atoms with van der Waals surface area (Å²) in [5, 5.41) is 8.07. The molecule has 4 rings (SSSR count). The molecule has 0 atom stereocenters. The van der Waals surface area contributed by atoms with E-state index in [1.165, 1.54) is 29.9 Å². The molecule has 0 bridgehead atoms. The number of piperazine rings is 1. The van der Waals surface area contributed by atoms with E-state index in [2.05, 4.69) is 10.3 Å². The highest BCUT2D eigenvalue weighted by atomic mass is 32.2. The van der Waals surface area contributed by atoms with Crippen LogP contribution in [0.1, 0.15) is 21.9 Å². The quantitative estimate of drug-likeness (QED) is 0.514. The van der Waals surface area contributed by atoms with Crippen molar-refractivity contribution in [2.45, 2.75) is 25.3 Å². The van der Waals surface area contributed by atoms with Crippen LogP contribution in [0.2, 0.25) is 0 Å². The second-order valence-electron chi connectivity index (χ2n) is 7.43. The summed E-state index contributed by atoms with van der Waals surface area (Å²) in [6.07, 6.45) is 0. The van der Waals surface area contributed by atoms with Crippen LogP contribution in [0.15, 0.2) is 33.6 Å². The second-order valence-corrected chi connectivity index (χ2v) is 9.31. The molecule has 1 fully saturated rings. The van der Waals surface area contributed by atoms with Gasteiger partial charge in [0.15, 0.2) is 0 Å². The van der Waals surface area contributed by atoms with Gasteiger partial charge in [-0.1, -0.05) is 17.3 Å². The summed E-state index contributed by atoms with van der Waals surface area (Å²) in [5.74, 6) is -0.642. The van der Waals surface area contributed by atoms with Crippen LogP contribution in [0.3, 0.4) is 0 Å². The van der Waals surface area contributed by atoms with E-state index in [1.807, 2.05) is 24.3 Å². The summed E-state index contributed by atoms with van der Waals surface area (Å²) < 4.78 is 39.5. The standard InChI is InChI=1S/C20H23N5O6S/c1-13-18(20(27)30-3)19(14(2)31-13)32(28,29)24-10-8-23(9-11-24)17(26)12-25-16-7-5-4-6-15(16)21-22-25/h4-7H,8-12H2,1-3H3. The van der Waals surface area contributed by atoms with Gasteiger partial charge in [-0.2, -0.15) is 4.31 Å². The van der Waals surface area contributed by atoms with E-state index < -0.39 is 16.0 Å². The largest absolute Gasteiger partial charge is 0.465 e. The fraction of sp³-hybridized carbons (Fsp3) is 0.400. The zero-order valence-corrected chi connectivity index (χ0v) is 18.8. The monoisotopic (exact) mass is 461 g/mol. The predicted molar refractivity (Wildman–Crippen MR) is 112 cm³/mol. The maximum Gasteiger partial charge on any atom is 0.342 e. The maximum atomic E-state index is 13.3. The summed E-state index contributed by atoms with van der Waals surface area (Å²) in [6, 6.07) is 7.34. The first-order valence-corrected chi connectivity index (χ1v) is 11.4. The lowest BCUT2D eigenvalue weighted by atomic mass is 10.2. The number of ether oxygens (including phenoxy) is 1. The average Bonchev–Trinajstić information content (AvgIpc) is 3.33. The third kappa shape index (κ3) is 3.75. The Morgan fingerprint density at radius 1 is 1.09 bits per heavy atom. The van der Waals surface area contributed by atoms with Crippen molar-refractivity contribution in [1.29, 1.82) is 0 Å². The highest BCUT2D eigenvalue weighted by Crippen LogP contribution is 2.30. The van der Waals surface area contributed by atoms with Gasteiger partial charge in [0.1, 0.15) is 34.0 Å². The summed E-state index contributed by atoms with van der Waals surface area (Å²) >= 11 is 0. The van der Waals surface area contributed by atoms with Gasteiger partial charge in [-0.05, 0) is 26.0 Å². The van der Waals surface area contributed by atoms with Crippen molar-refractivity contribution in [3.8, 4) is 0 Å². The molecule has 1 saturated heterocycles. The van der Waals surface area contributed by atoms with Crippen LogP contribution in [0.5, 0.6) is 0 Å². The number of sulfonamides is 1. The van der Waals surface area contributed by atoms with Gasteiger partial charge < -0.3 is 14.1 Å². The minimum absolute atomic E-state index is 0.0137. The van der Waals surface area contributed by atoms with Gasteiger partial charge in [0.2, 0.25) is 15.9 Å². The average molecular weight is 462 g/mol. The Bertz CT molecular complexity index is 1290. The molecule has 170 valence electrons. The van der Waals surface area contributed by atoms with Crippen LogP contribution >= 0.6 is 0 Å². The minimum atomic E-state index is -4.01. The van der Waals surface area contributed by atoms with E-state index in [1.54, 1.807) is 4.90 Å². The molecule has 3 heterocycles. The van der Waals surface area contributed by atoms with Crippen LogP contribution < -0.4 is 0 Å². The highest BCUT2D eigenvalue weighted by Gasteiger charge is 2.37. The first-order valence-electron chi connectivity index (χ1n) is 9.98. The van der Waals surface area contributed by atoms with Gasteiger partial charge in [0.25, 0.3) is 0 Å². The molecule has 0 aliphatic carbocycles. The van der Waals surface area contributed by atoms with Crippen molar-refractivity contribution in [3.05, 3.63) is 41.3 Å². The predicted octanol–water partition coefficient (Wildman–Crippen LogP) is 0.961. The molecule has 0 saturated carbocycles. The number of furan rings is 1. The molecule has 1 amide bonds. The van der Waals surface area contributed by atoms with Crippen molar-refractivity contribution < 1.29 is 27.2 Å². The van der Waals surface area contributed by atoms with Crippen LogP contribution in [0, 0.1) is 13.8 Å². The lowest BCUT2D eigenvalue weighted by Crippen LogP contribution is -2.51. The van der Waals surface area contributed by atoms with Crippen molar-refractivity contribution in [2.24, 2.45) is 0 Å². The molecule has 12 heteroatoms. The van der Waals surface area contributed by atoms with Crippen LogP contribution in [-0.4, -0.2) is 77.8 Å². The van der Waals surface area contributed by atoms with Gasteiger partial charge >= 0.3 is 5.97 Å². The fourth-order valence-electron chi connectivity index (χ4n) is 3.88. The number of benzene rings is 1.